The molecule has 0 aromatic heterocycles. The van der Waals surface area contributed by atoms with E-state index in [1.807, 2.05) is 12.2 Å². The number of ether oxygens (including phenoxy) is 3. The van der Waals surface area contributed by atoms with Gasteiger partial charge in [0.25, 0.3) is 0 Å². The van der Waals surface area contributed by atoms with Crippen LogP contribution in [0.25, 0.3) is 0 Å². The number of esters is 3. The van der Waals surface area contributed by atoms with Crippen LogP contribution in [-0.2, 0) is 28.6 Å². The number of allylic oxidation sites excluding steroid dienone is 24. The van der Waals surface area contributed by atoms with Crippen LogP contribution in [0.2, 0.25) is 0 Å². The minimum atomic E-state index is -0.833. The van der Waals surface area contributed by atoms with Crippen molar-refractivity contribution in [3.05, 3.63) is 146 Å². The Morgan fingerprint density at radius 1 is 0.300 bits per heavy atom. The van der Waals surface area contributed by atoms with Gasteiger partial charge in [-0.1, -0.05) is 218 Å². The molecule has 6 heteroatoms. The summed E-state index contributed by atoms with van der Waals surface area (Å²) in [4.78, 5) is 38.1. The predicted molar refractivity (Wildman–Crippen MR) is 302 cm³/mol. The van der Waals surface area contributed by atoms with Gasteiger partial charge in [0, 0.05) is 19.3 Å². The van der Waals surface area contributed by atoms with E-state index in [0.717, 1.165) is 128 Å². The number of carbonyl (C=O) groups excluding carboxylic acids is 3. The molecule has 0 rings (SSSR count). The van der Waals surface area contributed by atoms with Crippen molar-refractivity contribution in [1.29, 1.82) is 0 Å². The van der Waals surface area contributed by atoms with E-state index in [1.165, 1.54) is 44.9 Å². The smallest absolute Gasteiger partial charge is 0.306 e. The molecule has 0 heterocycles. The van der Waals surface area contributed by atoms with Gasteiger partial charge in [-0.2, -0.15) is 0 Å². The van der Waals surface area contributed by atoms with Crippen LogP contribution in [0.4, 0.5) is 0 Å². The lowest BCUT2D eigenvalue weighted by molar-refractivity contribution is -0.166. The quantitative estimate of drug-likeness (QED) is 0.0262. The molecule has 70 heavy (non-hydrogen) atoms. The molecule has 1 unspecified atom stereocenters. The van der Waals surface area contributed by atoms with Crippen molar-refractivity contribution in [3.8, 4) is 0 Å². The fraction of sp³-hybridized carbons (Fsp3) is 0.578. The minimum Gasteiger partial charge on any atom is -0.462 e. The zero-order valence-electron chi connectivity index (χ0n) is 44.7. The van der Waals surface area contributed by atoms with Gasteiger partial charge in [-0.3, -0.25) is 14.4 Å². The molecule has 1 atom stereocenters. The average molecular weight is 965 g/mol. The molecule has 0 bridgehead atoms. The second kappa shape index (κ2) is 56.9. The normalized spacial score (nSPS) is 13.2. The van der Waals surface area contributed by atoms with Gasteiger partial charge < -0.3 is 14.2 Å². The van der Waals surface area contributed by atoms with Crippen molar-refractivity contribution in [1.82, 2.24) is 0 Å². The topological polar surface area (TPSA) is 78.9 Å². The fourth-order valence-electron chi connectivity index (χ4n) is 6.96. The van der Waals surface area contributed by atoms with Gasteiger partial charge in [0.15, 0.2) is 6.10 Å². The monoisotopic (exact) mass is 965 g/mol. The van der Waals surface area contributed by atoms with Gasteiger partial charge in [0.2, 0.25) is 0 Å². The third-order valence-corrected chi connectivity index (χ3v) is 11.1. The SMILES string of the molecule is CC/C=C\C/C=C\C/C=C\C/C=C\C/C=C\CCCCCC(=O)OCC(COC(=O)CC/C=C\C/C=C\C/C=C\C/C=C\C/C=C\CC)OC(=O)CCCCCCCCC/C=C\C/C=C\CCCCC. The number of hydrogen-bond donors (Lipinski definition) is 0. The molecule has 0 aromatic rings. The first-order valence-corrected chi connectivity index (χ1v) is 27.8. The molecule has 0 spiro atoms. The molecule has 0 saturated heterocycles. The molecule has 6 nitrogen and oxygen atoms in total. The zero-order valence-corrected chi connectivity index (χ0v) is 44.7. The summed E-state index contributed by atoms with van der Waals surface area (Å²) in [6.07, 6.45) is 81.3. The molecule has 0 fully saturated rings. The molecular weight excluding hydrogens is 865 g/mol. The summed E-state index contributed by atoms with van der Waals surface area (Å²) in [5.41, 5.74) is 0. The molecule has 0 N–H and O–H groups in total. The summed E-state index contributed by atoms with van der Waals surface area (Å²) in [6.45, 7) is 6.27. The van der Waals surface area contributed by atoms with Crippen LogP contribution in [0.1, 0.15) is 220 Å². The molecular formula is C64H100O6. The van der Waals surface area contributed by atoms with Crippen molar-refractivity contribution < 1.29 is 28.6 Å². The zero-order chi connectivity index (χ0) is 50.7. The van der Waals surface area contributed by atoms with Gasteiger partial charge in [0.05, 0.1) is 0 Å². The standard InChI is InChI=1S/C64H100O6/c1-4-7-10-13-16-19-22-25-28-31-32-34-36-39-42-45-48-51-54-57-63(66)69-60-61(59-68-62(65)56-53-50-47-44-41-38-35-30-27-24-21-18-15-12-9-6-3)70-64(67)58-55-52-49-46-43-40-37-33-29-26-23-20-17-14-11-8-5-2/h7,9-10,12,16-21,25-30,32,34,38-39,41-42,47,50,61H,4-6,8,11,13-15,22-24,31,33,35-37,40,43-46,48-49,51-60H2,1-3H3/b10-7-,12-9-,19-16-,20-17-,21-18-,28-25-,29-26-,30-27-,34-32-,41-38-,42-39-,50-47-. The van der Waals surface area contributed by atoms with E-state index in [4.69, 9.17) is 14.2 Å². The average Bonchev–Trinajstić information content (AvgIpc) is 3.36. The summed E-state index contributed by atoms with van der Waals surface area (Å²) in [7, 11) is 0. The summed E-state index contributed by atoms with van der Waals surface area (Å²) in [5, 5.41) is 0. The molecule has 0 saturated carbocycles. The van der Waals surface area contributed by atoms with Gasteiger partial charge in [-0.05, 0) is 128 Å². The van der Waals surface area contributed by atoms with E-state index < -0.39 is 6.10 Å². The Morgan fingerprint density at radius 3 is 0.971 bits per heavy atom. The van der Waals surface area contributed by atoms with E-state index in [1.54, 1.807) is 0 Å². The first-order chi connectivity index (χ1) is 34.5. The lowest BCUT2D eigenvalue weighted by Gasteiger charge is -2.18. The Kier molecular flexibility index (Phi) is 53.0. The van der Waals surface area contributed by atoms with Gasteiger partial charge in [-0.25, -0.2) is 0 Å². The van der Waals surface area contributed by atoms with Crippen molar-refractivity contribution >= 4 is 17.9 Å². The third-order valence-electron chi connectivity index (χ3n) is 11.1. The Hall–Kier alpha value is -4.71. The van der Waals surface area contributed by atoms with Gasteiger partial charge in [0.1, 0.15) is 13.2 Å². The van der Waals surface area contributed by atoms with E-state index >= 15 is 0 Å². The third kappa shape index (κ3) is 54.2. The van der Waals surface area contributed by atoms with Gasteiger partial charge >= 0.3 is 17.9 Å². The number of carbonyl (C=O) groups is 3. The molecule has 0 radical (unpaired) electrons. The summed E-state index contributed by atoms with van der Waals surface area (Å²) >= 11 is 0. The van der Waals surface area contributed by atoms with Crippen LogP contribution in [-0.4, -0.2) is 37.2 Å². The highest BCUT2D eigenvalue weighted by Gasteiger charge is 2.19. The first kappa shape index (κ1) is 65.3. The lowest BCUT2D eigenvalue weighted by atomic mass is 10.1. The van der Waals surface area contributed by atoms with Crippen molar-refractivity contribution in [2.24, 2.45) is 0 Å². The van der Waals surface area contributed by atoms with Crippen LogP contribution in [0.5, 0.6) is 0 Å². The van der Waals surface area contributed by atoms with Crippen LogP contribution >= 0.6 is 0 Å². The second-order valence-corrected chi connectivity index (χ2v) is 17.7. The van der Waals surface area contributed by atoms with Crippen molar-refractivity contribution in [2.75, 3.05) is 13.2 Å². The summed E-state index contributed by atoms with van der Waals surface area (Å²) in [6, 6.07) is 0. The highest BCUT2D eigenvalue weighted by atomic mass is 16.6. The van der Waals surface area contributed by atoms with Crippen LogP contribution < -0.4 is 0 Å². The predicted octanol–water partition coefficient (Wildman–Crippen LogP) is 18.8. The second-order valence-electron chi connectivity index (χ2n) is 17.7. The summed E-state index contributed by atoms with van der Waals surface area (Å²) < 4.78 is 16.7. The van der Waals surface area contributed by atoms with E-state index in [0.29, 0.717) is 12.8 Å². The van der Waals surface area contributed by atoms with E-state index in [9.17, 15) is 14.4 Å². The van der Waals surface area contributed by atoms with Crippen LogP contribution in [0.3, 0.4) is 0 Å². The van der Waals surface area contributed by atoms with Crippen molar-refractivity contribution in [2.45, 2.75) is 226 Å². The van der Waals surface area contributed by atoms with E-state index in [2.05, 4.69) is 154 Å². The Labute approximate surface area is 429 Å². The highest BCUT2D eigenvalue weighted by Crippen LogP contribution is 2.13. The lowest BCUT2D eigenvalue weighted by Crippen LogP contribution is -2.30. The van der Waals surface area contributed by atoms with Crippen molar-refractivity contribution in [3.63, 3.8) is 0 Å². The molecule has 0 amide bonds. The number of rotatable bonds is 48. The Bertz CT molecular complexity index is 1580. The number of hydrogen-bond acceptors (Lipinski definition) is 6. The van der Waals surface area contributed by atoms with Gasteiger partial charge in [-0.15, -0.1) is 0 Å². The fourth-order valence-corrected chi connectivity index (χ4v) is 6.96. The maximum Gasteiger partial charge on any atom is 0.306 e. The Balaban J connectivity index is 4.59. The van der Waals surface area contributed by atoms with Crippen LogP contribution in [0, 0.1) is 0 Å². The largest absolute Gasteiger partial charge is 0.462 e. The molecule has 0 aromatic carbocycles. The number of unbranched alkanes of at least 4 members (excludes halogenated alkanes) is 13. The Morgan fingerprint density at radius 2 is 0.586 bits per heavy atom. The molecule has 0 aliphatic carbocycles. The molecule has 392 valence electrons. The molecule has 0 aliphatic heterocycles. The summed E-state index contributed by atoms with van der Waals surface area (Å²) in [5.74, 6) is -1.06. The maximum absolute atomic E-state index is 12.8. The maximum atomic E-state index is 12.8. The van der Waals surface area contributed by atoms with E-state index in [-0.39, 0.29) is 44.0 Å². The molecule has 0 aliphatic rings. The minimum absolute atomic E-state index is 0.127. The van der Waals surface area contributed by atoms with Crippen LogP contribution in [0.15, 0.2) is 146 Å². The highest BCUT2D eigenvalue weighted by molar-refractivity contribution is 5.71. The first-order valence-electron chi connectivity index (χ1n) is 27.8.